The van der Waals surface area contributed by atoms with Crippen molar-refractivity contribution in [1.82, 2.24) is 0 Å². The van der Waals surface area contributed by atoms with Gasteiger partial charge in [-0.2, -0.15) is 0 Å². The van der Waals surface area contributed by atoms with Gasteiger partial charge in [-0.3, -0.25) is 0 Å². The number of nitrogens with two attached hydrogens (primary N) is 1. The predicted octanol–water partition coefficient (Wildman–Crippen LogP) is 2.78. The van der Waals surface area contributed by atoms with Gasteiger partial charge >= 0.3 is 0 Å². The number of aromatic hydroxyl groups is 2. The Morgan fingerprint density at radius 1 is 1.06 bits per heavy atom. The van der Waals surface area contributed by atoms with Gasteiger partial charge in [-0.15, -0.1) is 0 Å². The molecule has 2 aromatic rings. The second-order valence-corrected chi connectivity index (χ2v) is 3.77. The summed E-state index contributed by atoms with van der Waals surface area (Å²) < 4.78 is 5.48. The standard InChI is InChI=1S/C13H13NO3/c1-8-6-10(3-4-11(8)14)17-13-5-2-9(15)7-12(13)16/h2-7,15-16H,14H2,1H3. The smallest absolute Gasteiger partial charge is 0.169 e. The lowest BCUT2D eigenvalue weighted by atomic mass is 10.2. The average Bonchev–Trinajstić information content (AvgIpc) is 2.27. The maximum absolute atomic E-state index is 9.57. The van der Waals surface area contributed by atoms with Crippen LogP contribution in [0.3, 0.4) is 0 Å². The van der Waals surface area contributed by atoms with E-state index in [0.717, 1.165) is 5.56 Å². The second-order valence-electron chi connectivity index (χ2n) is 3.77. The van der Waals surface area contributed by atoms with Crippen LogP contribution in [0.5, 0.6) is 23.0 Å². The number of hydrogen-bond donors (Lipinski definition) is 3. The third kappa shape index (κ3) is 2.42. The van der Waals surface area contributed by atoms with Crippen molar-refractivity contribution in [3.63, 3.8) is 0 Å². The number of phenols is 2. The lowest BCUT2D eigenvalue weighted by Gasteiger charge is -2.09. The van der Waals surface area contributed by atoms with Crippen LogP contribution in [-0.4, -0.2) is 10.2 Å². The first-order valence-corrected chi connectivity index (χ1v) is 5.12. The molecule has 0 spiro atoms. The van der Waals surface area contributed by atoms with E-state index in [9.17, 15) is 5.11 Å². The molecule has 17 heavy (non-hydrogen) atoms. The minimum atomic E-state index is -0.112. The quantitative estimate of drug-likeness (QED) is 0.694. The minimum Gasteiger partial charge on any atom is -0.508 e. The molecule has 0 aliphatic heterocycles. The molecule has 4 nitrogen and oxygen atoms in total. The van der Waals surface area contributed by atoms with E-state index in [1.807, 2.05) is 6.92 Å². The van der Waals surface area contributed by atoms with Crippen LogP contribution in [-0.2, 0) is 0 Å². The molecule has 0 saturated heterocycles. The topological polar surface area (TPSA) is 75.7 Å². The minimum absolute atomic E-state index is 0.0108. The summed E-state index contributed by atoms with van der Waals surface area (Å²) in [6, 6.07) is 9.40. The summed E-state index contributed by atoms with van der Waals surface area (Å²) in [6.07, 6.45) is 0. The zero-order chi connectivity index (χ0) is 12.4. The van der Waals surface area contributed by atoms with Gasteiger partial charge < -0.3 is 20.7 Å². The van der Waals surface area contributed by atoms with Crippen molar-refractivity contribution >= 4 is 5.69 Å². The fraction of sp³-hybridized carbons (Fsp3) is 0.0769. The third-order valence-corrected chi connectivity index (χ3v) is 2.41. The van der Waals surface area contributed by atoms with Crippen LogP contribution in [0, 0.1) is 6.92 Å². The highest BCUT2D eigenvalue weighted by atomic mass is 16.5. The Hall–Kier alpha value is -2.36. The molecule has 0 aliphatic rings. The highest BCUT2D eigenvalue weighted by Gasteiger charge is 2.05. The highest BCUT2D eigenvalue weighted by molar-refractivity contribution is 5.52. The summed E-state index contributed by atoms with van der Waals surface area (Å²) in [6.45, 7) is 1.87. The van der Waals surface area contributed by atoms with Gasteiger partial charge in [0.05, 0.1) is 0 Å². The Balaban J connectivity index is 2.28. The number of ether oxygens (including phenoxy) is 1. The normalized spacial score (nSPS) is 10.2. The molecule has 0 aromatic heterocycles. The number of benzene rings is 2. The van der Waals surface area contributed by atoms with E-state index in [0.29, 0.717) is 11.4 Å². The summed E-state index contributed by atoms with van der Waals surface area (Å²) in [7, 11) is 0. The van der Waals surface area contributed by atoms with E-state index in [1.165, 1.54) is 18.2 Å². The molecule has 2 rings (SSSR count). The van der Waals surface area contributed by atoms with Crippen molar-refractivity contribution in [2.24, 2.45) is 0 Å². The Bertz CT molecular complexity index is 552. The van der Waals surface area contributed by atoms with Crippen molar-refractivity contribution in [2.45, 2.75) is 6.92 Å². The van der Waals surface area contributed by atoms with Crippen molar-refractivity contribution in [1.29, 1.82) is 0 Å². The van der Waals surface area contributed by atoms with Gasteiger partial charge in [0, 0.05) is 11.8 Å². The predicted molar refractivity (Wildman–Crippen MR) is 65.4 cm³/mol. The molecule has 0 bridgehead atoms. The van der Waals surface area contributed by atoms with E-state index in [-0.39, 0.29) is 17.2 Å². The van der Waals surface area contributed by atoms with Crippen LogP contribution in [0.4, 0.5) is 5.69 Å². The highest BCUT2D eigenvalue weighted by Crippen LogP contribution is 2.33. The largest absolute Gasteiger partial charge is 0.508 e. The van der Waals surface area contributed by atoms with Crippen molar-refractivity contribution in [2.75, 3.05) is 5.73 Å². The van der Waals surface area contributed by atoms with Crippen LogP contribution in [0.1, 0.15) is 5.56 Å². The van der Waals surface area contributed by atoms with E-state index < -0.39 is 0 Å². The average molecular weight is 231 g/mol. The van der Waals surface area contributed by atoms with E-state index >= 15 is 0 Å². The molecule has 0 aliphatic carbocycles. The molecular formula is C13H13NO3. The van der Waals surface area contributed by atoms with Crippen molar-refractivity contribution in [3.05, 3.63) is 42.0 Å². The van der Waals surface area contributed by atoms with Gasteiger partial charge in [0.15, 0.2) is 11.5 Å². The molecule has 0 fully saturated rings. The van der Waals surface area contributed by atoms with Gasteiger partial charge in [0.1, 0.15) is 11.5 Å². The lowest BCUT2D eigenvalue weighted by Crippen LogP contribution is -1.90. The van der Waals surface area contributed by atoms with Crippen molar-refractivity contribution in [3.8, 4) is 23.0 Å². The lowest BCUT2D eigenvalue weighted by molar-refractivity contribution is 0.403. The maximum atomic E-state index is 9.57. The van der Waals surface area contributed by atoms with E-state index in [1.54, 1.807) is 18.2 Å². The van der Waals surface area contributed by atoms with Crippen molar-refractivity contribution < 1.29 is 14.9 Å². The van der Waals surface area contributed by atoms with E-state index in [4.69, 9.17) is 15.6 Å². The zero-order valence-electron chi connectivity index (χ0n) is 9.34. The third-order valence-electron chi connectivity index (χ3n) is 2.41. The molecule has 2 aromatic carbocycles. The van der Waals surface area contributed by atoms with Gasteiger partial charge in [0.25, 0.3) is 0 Å². The summed E-state index contributed by atoms with van der Waals surface area (Å²) in [5.74, 6) is 0.743. The molecule has 4 heteroatoms. The van der Waals surface area contributed by atoms with Gasteiger partial charge in [0.2, 0.25) is 0 Å². The number of hydrogen-bond acceptors (Lipinski definition) is 4. The molecule has 0 atom stereocenters. The SMILES string of the molecule is Cc1cc(Oc2ccc(O)cc2O)ccc1N. The second kappa shape index (κ2) is 4.25. The molecular weight excluding hydrogens is 218 g/mol. The summed E-state index contributed by atoms with van der Waals surface area (Å²) in [5.41, 5.74) is 7.28. The Labute approximate surface area is 98.9 Å². The molecule has 0 amide bonds. The number of phenolic OH excluding ortho intramolecular Hbond substituents is 2. The van der Waals surface area contributed by atoms with Crippen LogP contribution in [0.15, 0.2) is 36.4 Å². The fourth-order valence-electron chi connectivity index (χ4n) is 1.43. The van der Waals surface area contributed by atoms with Gasteiger partial charge in [-0.1, -0.05) is 0 Å². The number of rotatable bonds is 2. The summed E-state index contributed by atoms with van der Waals surface area (Å²) >= 11 is 0. The fourth-order valence-corrected chi connectivity index (χ4v) is 1.43. The van der Waals surface area contributed by atoms with Crippen LogP contribution < -0.4 is 10.5 Å². The molecule has 88 valence electrons. The Morgan fingerprint density at radius 2 is 1.82 bits per heavy atom. The van der Waals surface area contributed by atoms with E-state index in [2.05, 4.69) is 0 Å². The first kappa shape index (κ1) is 11.1. The van der Waals surface area contributed by atoms with Gasteiger partial charge in [-0.25, -0.2) is 0 Å². The first-order valence-electron chi connectivity index (χ1n) is 5.12. The number of nitrogen functional groups attached to an aromatic ring is 1. The molecule has 0 unspecified atom stereocenters. The van der Waals surface area contributed by atoms with Crippen LogP contribution >= 0.6 is 0 Å². The van der Waals surface area contributed by atoms with Crippen LogP contribution in [0.2, 0.25) is 0 Å². The summed E-state index contributed by atoms with van der Waals surface area (Å²) in [5, 5.41) is 18.7. The van der Waals surface area contributed by atoms with Gasteiger partial charge in [-0.05, 0) is 42.8 Å². The monoisotopic (exact) mass is 231 g/mol. The molecule has 0 saturated carbocycles. The number of aryl methyl sites for hydroxylation is 1. The van der Waals surface area contributed by atoms with Crippen LogP contribution in [0.25, 0.3) is 0 Å². The maximum Gasteiger partial charge on any atom is 0.169 e. The molecule has 0 heterocycles. The Kier molecular flexibility index (Phi) is 2.78. The zero-order valence-corrected chi connectivity index (χ0v) is 9.34. The molecule has 4 N–H and O–H groups in total. The molecule has 0 radical (unpaired) electrons. The Morgan fingerprint density at radius 3 is 2.47 bits per heavy atom. The number of anilines is 1. The summed E-state index contributed by atoms with van der Waals surface area (Å²) in [4.78, 5) is 0. The first-order chi connectivity index (χ1) is 8.06.